The predicted molar refractivity (Wildman–Crippen MR) is 71.9 cm³/mol. The summed E-state index contributed by atoms with van der Waals surface area (Å²) in [5, 5.41) is 0.924. The number of methoxy groups -OCH3 is 1. The Morgan fingerprint density at radius 2 is 1.94 bits per heavy atom. The van der Waals surface area contributed by atoms with E-state index in [0.29, 0.717) is 21.9 Å². The van der Waals surface area contributed by atoms with E-state index in [4.69, 9.17) is 21.1 Å². The van der Waals surface area contributed by atoms with Crippen molar-refractivity contribution in [1.29, 1.82) is 0 Å². The first-order chi connectivity index (χ1) is 8.71. The van der Waals surface area contributed by atoms with E-state index in [1.165, 1.54) is 11.8 Å². The van der Waals surface area contributed by atoms with Crippen molar-refractivity contribution in [2.75, 3.05) is 13.4 Å². The van der Waals surface area contributed by atoms with Gasteiger partial charge in [-0.15, -0.1) is 0 Å². The van der Waals surface area contributed by atoms with Crippen LogP contribution in [0, 0.1) is 0 Å². The fourth-order valence-corrected chi connectivity index (χ4v) is 1.90. The molecule has 0 bridgehead atoms. The van der Waals surface area contributed by atoms with Gasteiger partial charge in [0.15, 0.2) is 5.16 Å². The molecule has 0 atom stereocenters. The second-order valence-corrected chi connectivity index (χ2v) is 4.46. The highest BCUT2D eigenvalue weighted by atomic mass is 35.5. The number of rotatable bonds is 4. The van der Waals surface area contributed by atoms with Gasteiger partial charge < -0.3 is 9.47 Å². The van der Waals surface area contributed by atoms with Crippen LogP contribution in [0.5, 0.6) is 17.4 Å². The third-order valence-electron chi connectivity index (χ3n) is 2.10. The second-order valence-electron chi connectivity index (χ2n) is 3.30. The summed E-state index contributed by atoms with van der Waals surface area (Å²) < 4.78 is 10.7. The third kappa shape index (κ3) is 3.27. The minimum absolute atomic E-state index is 0.354. The lowest BCUT2D eigenvalue weighted by molar-refractivity contribution is 0.406. The van der Waals surface area contributed by atoms with Gasteiger partial charge >= 0.3 is 0 Å². The smallest absolute Gasteiger partial charge is 0.224 e. The highest BCUT2D eigenvalue weighted by Gasteiger charge is 2.05. The molecule has 94 valence electrons. The van der Waals surface area contributed by atoms with Gasteiger partial charge in [0.2, 0.25) is 5.88 Å². The van der Waals surface area contributed by atoms with Crippen LogP contribution >= 0.6 is 23.4 Å². The number of aromatic nitrogens is 2. The molecule has 18 heavy (non-hydrogen) atoms. The molecule has 1 aromatic carbocycles. The van der Waals surface area contributed by atoms with Crippen LogP contribution < -0.4 is 9.47 Å². The van der Waals surface area contributed by atoms with Crippen molar-refractivity contribution >= 4 is 23.4 Å². The highest BCUT2D eigenvalue weighted by Crippen LogP contribution is 2.26. The summed E-state index contributed by atoms with van der Waals surface area (Å²) in [6.07, 6.45) is 1.88. The summed E-state index contributed by atoms with van der Waals surface area (Å²) in [5.74, 6) is 1.77. The Morgan fingerprint density at radius 3 is 2.67 bits per heavy atom. The molecular formula is C12H11ClN2O2S. The molecule has 1 heterocycles. The van der Waals surface area contributed by atoms with Crippen molar-refractivity contribution in [3.8, 4) is 17.4 Å². The molecule has 4 nitrogen and oxygen atoms in total. The molecule has 0 unspecified atom stereocenters. The van der Waals surface area contributed by atoms with E-state index in [1.807, 2.05) is 24.5 Å². The molecule has 2 aromatic rings. The van der Waals surface area contributed by atoms with Crippen molar-refractivity contribution in [3.05, 3.63) is 35.5 Å². The molecule has 0 amide bonds. The fourth-order valence-electron chi connectivity index (χ4n) is 1.31. The largest absolute Gasteiger partial charge is 0.497 e. The van der Waals surface area contributed by atoms with Crippen LogP contribution in [0.25, 0.3) is 0 Å². The topological polar surface area (TPSA) is 44.2 Å². The molecule has 0 aliphatic heterocycles. The Bertz CT molecular complexity index is 551. The Labute approximate surface area is 114 Å². The fraction of sp³-hybridized carbons (Fsp3) is 0.167. The van der Waals surface area contributed by atoms with Gasteiger partial charge in [-0.3, -0.25) is 0 Å². The summed E-state index contributed by atoms with van der Waals surface area (Å²) in [5.41, 5.74) is 0. The normalized spacial score (nSPS) is 10.2. The maximum Gasteiger partial charge on any atom is 0.224 e. The van der Waals surface area contributed by atoms with Crippen LogP contribution in [-0.2, 0) is 0 Å². The van der Waals surface area contributed by atoms with Crippen molar-refractivity contribution in [2.45, 2.75) is 5.16 Å². The molecule has 0 radical (unpaired) electrons. The summed E-state index contributed by atoms with van der Waals surface area (Å²) in [7, 11) is 1.60. The number of ether oxygens (including phenoxy) is 2. The zero-order valence-electron chi connectivity index (χ0n) is 9.88. The first kappa shape index (κ1) is 13.0. The van der Waals surface area contributed by atoms with Crippen LogP contribution in [0.2, 0.25) is 5.15 Å². The maximum absolute atomic E-state index is 5.88. The van der Waals surface area contributed by atoms with Crippen molar-refractivity contribution in [1.82, 2.24) is 9.97 Å². The van der Waals surface area contributed by atoms with E-state index in [-0.39, 0.29) is 0 Å². The number of thioether (sulfide) groups is 1. The van der Waals surface area contributed by atoms with Crippen molar-refractivity contribution < 1.29 is 9.47 Å². The standard InChI is InChI=1S/C12H11ClN2O2S/c1-16-8-4-3-5-9(6-8)17-11-7-10(13)14-12(15-11)18-2/h3-7H,1-2H3. The molecule has 6 heteroatoms. The molecule has 2 rings (SSSR count). The molecule has 0 saturated carbocycles. The van der Waals surface area contributed by atoms with Gasteiger partial charge in [0, 0.05) is 12.1 Å². The third-order valence-corrected chi connectivity index (χ3v) is 2.84. The van der Waals surface area contributed by atoms with E-state index in [0.717, 1.165) is 5.75 Å². The quantitative estimate of drug-likeness (QED) is 0.486. The van der Waals surface area contributed by atoms with Crippen LogP contribution in [-0.4, -0.2) is 23.3 Å². The Balaban J connectivity index is 2.24. The van der Waals surface area contributed by atoms with Gasteiger partial charge in [0.05, 0.1) is 7.11 Å². The minimum atomic E-state index is 0.354. The summed E-state index contributed by atoms with van der Waals surface area (Å²) in [6, 6.07) is 8.84. The van der Waals surface area contributed by atoms with E-state index in [9.17, 15) is 0 Å². The second kappa shape index (κ2) is 5.93. The van der Waals surface area contributed by atoms with E-state index >= 15 is 0 Å². The molecule has 0 spiro atoms. The number of hydrogen-bond donors (Lipinski definition) is 0. The van der Waals surface area contributed by atoms with E-state index in [2.05, 4.69) is 9.97 Å². The predicted octanol–water partition coefficient (Wildman–Crippen LogP) is 3.65. The molecule has 0 aliphatic carbocycles. The SMILES string of the molecule is COc1cccc(Oc2cc(Cl)nc(SC)n2)c1. The van der Waals surface area contributed by atoms with E-state index < -0.39 is 0 Å². The zero-order valence-corrected chi connectivity index (χ0v) is 11.5. The molecule has 1 aromatic heterocycles. The molecule has 0 saturated heterocycles. The summed E-state index contributed by atoms with van der Waals surface area (Å²) >= 11 is 7.29. The lowest BCUT2D eigenvalue weighted by Crippen LogP contribution is -1.93. The Hall–Kier alpha value is -1.46. The lowest BCUT2D eigenvalue weighted by atomic mass is 10.3. The van der Waals surface area contributed by atoms with E-state index in [1.54, 1.807) is 19.2 Å². The number of benzene rings is 1. The van der Waals surface area contributed by atoms with Gasteiger partial charge in [-0.1, -0.05) is 29.4 Å². The lowest BCUT2D eigenvalue weighted by Gasteiger charge is -2.07. The number of nitrogens with zero attached hydrogens (tertiary/aromatic N) is 2. The maximum atomic E-state index is 5.88. The van der Waals surface area contributed by atoms with Gasteiger partial charge in [-0.2, -0.15) is 4.98 Å². The van der Waals surface area contributed by atoms with Crippen LogP contribution in [0.15, 0.2) is 35.5 Å². The Kier molecular flexibility index (Phi) is 4.28. The number of hydrogen-bond acceptors (Lipinski definition) is 5. The molecular weight excluding hydrogens is 272 g/mol. The summed E-state index contributed by atoms with van der Waals surface area (Å²) in [6.45, 7) is 0. The monoisotopic (exact) mass is 282 g/mol. The number of halogens is 1. The summed E-state index contributed by atoms with van der Waals surface area (Å²) in [4.78, 5) is 8.25. The minimum Gasteiger partial charge on any atom is -0.497 e. The Morgan fingerprint density at radius 1 is 1.17 bits per heavy atom. The average molecular weight is 283 g/mol. The molecule has 0 aliphatic rings. The van der Waals surface area contributed by atoms with Crippen molar-refractivity contribution in [3.63, 3.8) is 0 Å². The van der Waals surface area contributed by atoms with Crippen molar-refractivity contribution in [2.24, 2.45) is 0 Å². The zero-order chi connectivity index (χ0) is 13.0. The molecule has 0 N–H and O–H groups in total. The van der Waals surface area contributed by atoms with Gasteiger partial charge in [-0.05, 0) is 18.4 Å². The first-order valence-electron chi connectivity index (χ1n) is 5.12. The first-order valence-corrected chi connectivity index (χ1v) is 6.72. The molecule has 0 fully saturated rings. The highest BCUT2D eigenvalue weighted by molar-refractivity contribution is 7.98. The van der Waals surface area contributed by atoms with Crippen LogP contribution in [0.4, 0.5) is 0 Å². The van der Waals surface area contributed by atoms with Gasteiger partial charge in [-0.25, -0.2) is 4.98 Å². The van der Waals surface area contributed by atoms with Crippen LogP contribution in [0.1, 0.15) is 0 Å². The van der Waals surface area contributed by atoms with Gasteiger partial charge in [0.25, 0.3) is 0 Å². The van der Waals surface area contributed by atoms with Crippen LogP contribution in [0.3, 0.4) is 0 Å². The average Bonchev–Trinajstić information content (AvgIpc) is 2.38. The van der Waals surface area contributed by atoms with Gasteiger partial charge in [0.1, 0.15) is 16.7 Å².